The van der Waals surface area contributed by atoms with Crippen LogP contribution in [0, 0.1) is 40.5 Å². The van der Waals surface area contributed by atoms with E-state index < -0.39 is 133 Å². The quantitative estimate of drug-likeness (QED) is 0.0809. The van der Waals surface area contributed by atoms with E-state index in [2.05, 4.69) is 0 Å². The molecule has 0 unspecified atom stereocenters. The lowest BCUT2D eigenvalue weighted by Gasteiger charge is -2.42. The van der Waals surface area contributed by atoms with Crippen LogP contribution in [0.25, 0.3) is 0 Å². The van der Waals surface area contributed by atoms with Gasteiger partial charge in [0.15, 0.2) is 24.6 Å². The Labute approximate surface area is 222 Å². The fourth-order valence-corrected chi connectivity index (χ4v) is 3.04. The summed E-state index contributed by atoms with van der Waals surface area (Å²) >= 11 is 0. The monoisotopic (exact) mass is 584 g/mol. The van der Waals surface area contributed by atoms with E-state index >= 15 is 0 Å². The molecule has 0 bridgehead atoms. The van der Waals surface area contributed by atoms with Crippen molar-refractivity contribution in [3.63, 3.8) is 0 Å². The van der Waals surface area contributed by atoms with Gasteiger partial charge in [0.2, 0.25) is 26.2 Å². The second-order valence-electron chi connectivity index (χ2n) is 7.84. The first-order chi connectivity index (χ1) is 18.7. The maximum Gasteiger partial charge on any atom is 0.313 e. The molecule has 1 heterocycles. The molecule has 22 nitrogen and oxygen atoms in total. The molecule has 0 spiro atoms. The summed E-state index contributed by atoms with van der Waals surface area (Å²) in [5.41, 5.74) is 0. The molecule has 1 rings (SSSR count). The van der Waals surface area contributed by atoms with Gasteiger partial charge >= 0.3 is 23.9 Å². The zero-order valence-corrected chi connectivity index (χ0v) is 20.4. The highest BCUT2D eigenvalue weighted by molar-refractivity contribution is 5.72. The first-order valence-electron chi connectivity index (χ1n) is 11.2. The Hall–Kier alpha value is -4.60. The van der Waals surface area contributed by atoms with Gasteiger partial charge in [0.1, 0.15) is 38.4 Å². The smallest absolute Gasteiger partial charge is 0.313 e. The van der Waals surface area contributed by atoms with Crippen molar-refractivity contribution in [1.29, 1.82) is 0 Å². The molecule has 22 heteroatoms. The van der Waals surface area contributed by atoms with Gasteiger partial charge in [-0.3, -0.25) is 59.6 Å². The lowest BCUT2D eigenvalue weighted by molar-refractivity contribution is -0.479. The van der Waals surface area contributed by atoms with Crippen LogP contribution in [0.2, 0.25) is 0 Å². The predicted molar refractivity (Wildman–Crippen MR) is 117 cm³/mol. The third-order valence-corrected chi connectivity index (χ3v) is 4.81. The molecule has 0 radical (unpaired) electrons. The van der Waals surface area contributed by atoms with E-state index in [-0.39, 0.29) is 0 Å². The predicted octanol–water partition coefficient (Wildman–Crippen LogP) is -2.35. The van der Waals surface area contributed by atoms with Crippen LogP contribution >= 0.6 is 0 Å². The summed E-state index contributed by atoms with van der Waals surface area (Å²) in [5.74, 6) is -5.06. The largest absolute Gasteiger partial charge is 0.463 e. The van der Waals surface area contributed by atoms with E-state index in [9.17, 15) is 64.7 Å². The highest BCUT2D eigenvalue weighted by Crippen LogP contribution is 2.29. The van der Waals surface area contributed by atoms with Gasteiger partial charge in [-0.15, -0.1) is 0 Å². The Balaban J connectivity index is 3.28. The maximum atomic E-state index is 12.3. The van der Waals surface area contributed by atoms with Crippen LogP contribution < -0.4 is 0 Å². The summed E-state index contributed by atoms with van der Waals surface area (Å²) in [6.45, 7) is -4.46. The average molecular weight is 584 g/mol. The second-order valence-corrected chi connectivity index (χ2v) is 7.84. The summed E-state index contributed by atoms with van der Waals surface area (Å²) < 4.78 is 25.1. The molecule has 5 atom stereocenters. The van der Waals surface area contributed by atoms with Crippen LogP contribution in [0.15, 0.2) is 0 Å². The van der Waals surface area contributed by atoms with Crippen LogP contribution in [0.3, 0.4) is 0 Å². The number of hydrogen-bond donors (Lipinski definition) is 1. The lowest BCUT2D eigenvalue weighted by atomic mass is 9.98. The highest BCUT2D eigenvalue weighted by Gasteiger charge is 2.52. The van der Waals surface area contributed by atoms with Crippen molar-refractivity contribution in [2.24, 2.45) is 0 Å². The molecule has 0 amide bonds. The van der Waals surface area contributed by atoms with E-state index in [1.54, 1.807) is 0 Å². The van der Waals surface area contributed by atoms with Gasteiger partial charge in [0.25, 0.3) is 0 Å². The van der Waals surface area contributed by atoms with Gasteiger partial charge in [-0.25, -0.2) is 0 Å². The van der Waals surface area contributed by atoms with E-state index in [0.29, 0.717) is 0 Å². The van der Waals surface area contributed by atoms with Crippen LogP contribution in [0.4, 0.5) is 0 Å². The maximum absolute atomic E-state index is 12.3. The summed E-state index contributed by atoms with van der Waals surface area (Å²) in [5, 5.41) is 52.7. The molecule has 1 aliphatic heterocycles. The topological polar surface area (TPSA) is 307 Å². The summed E-state index contributed by atoms with van der Waals surface area (Å²) in [7, 11) is 0. The van der Waals surface area contributed by atoms with E-state index in [1.807, 2.05) is 0 Å². The molecule has 0 saturated carbocycles. The Morgan fingerprint density at radius 2 is 0.950 bits per heavy atom. The summed E-state index contributed by atoms with van der Waals surface area (Å²) in [6.07, 6.45) is -13.2. The Morgan fingerprint density at radius 3 is 1.35 bits per heavy atom. The van der Waals surface area contributed by atoms with Gasteiger partial charge in [-0.05, 0) is 0 Å². The number of aliphatic hydroxyl groups excluding tert-OH is 1. The number of carbonyl (C=O) groups excluding carboxylic acids is 4. The number of ether oxygens (including phenoxy) is 5. The van der Waals surface area contributed by atoms with Gasteiger partial charge in [0.05, 0.1) is 0 Å². The fraction of sp³-hybridized carbons (Fsp3) is 0.778. The average Bonchev–Trinajstić information content (AvgIpc) is 2.86. The fourth-order valence-electron chi connectivity index (χ4n) is 3.04. The molecule has 1 saturated heterocycles. The third kappa shape index (κ3) is 12.8. The van der Waals surface area contributed by atoms with Gasteiger partial charge < -0.3 is 28.8 Å². The summed E-state index contributed by atoms with van der Waals surface area (Å²) in [6, 6.07) is 0. The first kappa shape index (κ1) is 33.4. The third-order valence-electron chi connectivity index (χ3n) is 4.81. The zero-order chi connectivity index (χ0) is 30.4. The molecular formula is C18H24N4O18. The van der Waals surface area contributed by atoms with Crippen molar-refractivity contribution in [1.82, 2.24) is 0 Å². The van der Waals surface area contributed by atoms with Crippen LogP contribution in [-0.2, 0) is 42.9 Å². The Bertz CT molecular complexity index is 988. The molecule has 40 heavy (non-hydrogen) atoms. The Kier molecular flexibility index (Phi) is 13.7. The Morgan fingerprint density at radius 1 is 0.600 bits per heavy atom. The van der Waals surface area contributed by atoms with Crippen molar-refractivity contribution in [3.8, 4) is 0 Å². The molecule has 1 aliphatic rings. The minimum absolute atomic E-state index is 0.703. The molecule has 224 valence electrons. The molecule has 0 aromatic rings. The normalized spacial score (nSPS) is 21.9. The standard InChI is InChI=1S/C18H24N4O18/c23-11(1-5-19(28)29)36-9-10-15(38-12(24)2-6-20(30)31)16(39-13(25)3-7-21(32)33)17(18(27)37-10)40-14(26)4-8-22(34)35/h10,15-18,27H,1-9H2/t10-,15-,16+,17-,18-/m1/s1. The molecule has 0 aliphatic carbocycles. The van der Waals surface area contributed by atoms with Gasteiger partial charge in [0, 0.05) is 19.7 Å². The van der Waals surface area contributed by atoms with E-state index in [4.69, 9.17) is 23.7 Å². The molecular weight excluding hydrogens is 560 g/mol. The first-order valence-corrected chi connectivity index (χ1v) is 11.2. The zero-order valence-electron chi connectivity index (χ0n) is 20.4. The minimum atomic E-state index is -2.22. The van der Waals surface area contributed by atoms with Crippen molar-refractivity contribution >= 4 is 23.9 Å². The minimum Gasteiger partial charge on any atom is -0.463 e. The molecule has 1 N–H and O–H groups in total. The van der Waals surface area contributed by atoms with Gasteiger partial charge in [-0.2, -0.15) is 0 Å². The molecule has 0 aromatic carbocycles. The number of aliphatic hydroxyl groups is 1. The number of rotatable bonds is 17. The number of carbonyl (C=O) groups is 4. The highest BCUT2D eigenvalue weighted by atomic mass is 16.7. The van der Waals surface area contributed by atoms with Gasteiger partial charge in [-0.1, -0.05) is 0 Å². The number of nitro groups is 4. The van der Waals surface area contributed by atoms with E-state index in [0.717, 1.165) is 0 Å². The summed E-state index contributed by atoms with van der Waals surface area (Å²) in [4.78, 5) is 87.3. The van der Waals surface area contributed by atoms with Crippen molar-refractivity contribution in [2.75, 3.05) is 32.8 Å². The van der Waals surface area contributed by atoms with Crippen molar-refractivity contribution < 1.29 is 67.7 Å². The number of nitrogens with zero attached hydrogens (tertiary/aromatic N) is 4. The van der Waals surface area contributed by atoms with Crippen molar-refractivity contribution in [3.05, 3.63) is 40.5 Å². The molecule has 0 aromatic heterocycles. The SMILES string of the molecule is O=C(CC[N+](=O)[O-])OC[C@H]1O[C@@H](O)[C@H](OC(=O)CC[N+](=O)[O-])[C@@H](OC(=O)CC[N+](=O)[O-])[C@@H]1OC(=O)CC[N+](=O)[O-]. The molecule has 1 fully saturated rings. The second kappa shape index (κ2) is 16.4. The number of esters is 4. The van der Waals surface area contributed by atoms with Crippen molar-refractivity contribution in [2.45, 2.75) is 56.4 Å². The number of hydrogen-bond acceptors (Lipinski definition) is 18. The lowest BCUT2D eigenvalue weighted by Crippen LogP contribution is -2.62. The van der Waals surface area contributed by atoms with E-state index in [1.165, 1.54) is 0 Å². The van der Waals surface area contributed by atoms with Crippen LogP contribution in [-0.4, -0.2) is 112 Å². The van der Waals surface area contributed by atoms with Crippen LogP contribution in [0.5, 0.6) is 0 Å². The van der Waals surface area contributed by atoms with Crippen LogP contribution in [0.1, 0.15) is 25.7 Å².